The molecule has 0 spiro atoms. The van der Waals surface area contributed by atoms with E-state index in [1.54, 1.807) is 18.8 Å². The number of aryl methyl sites for hydroxylation is 1. The van der Waals surface area contributed by atoms with Gasteiger partial charge in [0, 0.05) is 19.3 Å². The zero-order chi connectivity index (χ0) is 16.4. The van der Waals surface area contributed by atoms with E-state index in [0.29, 0.717) is 18.2 Å². The molecule has 1 rings (SSSR count). The van der Waals surface area contributed by atoms with Gasteiger partial charge in [0.25, 0.3) is 0 Å². The highest BCUT2D eigenvalue weighted by Gasteiger charge is 2.14. The van der Waals surface area contributed by atoms with Crippen molar-refractivity contribution in [1.82, 2.24) is 4.90 Å². The Bertz CT molecular complexity index is 464. The van der Waals surface area contributed by atoms with Gasteiger partial charge in [-0.3, -0.25) is 0 Å². The average Bonchev–Trinajstić information content (AvgIpc) is 2.51. The molecule has 0 atom stereocenters. The van der Waals surface area contributed by atoms with Crippen LogP contribution in [0.4, 0.5) is 4.79 Å². The standard InChI is InChI=1S/C16H23NO4S/c1-13(2)22-12-11-17(3)16(19)21-20-15(18)10-9-14-7-5-4-6-8-14/h4-8,13H,9-12H2,1-3H3. The monoisotopic (exact) mass is 325 g/mol. The van der Waals surface area contributed by atoms with E-state index >= 15 is 0 Å². The Kier molecular flexibility index (Phi) is 8.43. The molecular weight excluding hydrogens is 302 g/mol. The van der Waals surface area contributed by atoms with Gasteiger partial charge in [-0.1, -0.05) is 44.2 Å². The molecule has 0 N–H and O–H groups in total. The van der Waals surface area contributed by atoms with Crippen LogP contribution in [-0.2, 0) is 21.0 Å². The van der Waals surface area contributed by atoms with E-state index in [2.05, 4.69) is 23.6 Å². The molecule has 1 aromatic rings. The van der Waals surface area contributed by atoms with Gasteiger partial charge < -0.3 is 4.90 Å². The van der Waals surface area contributed by atoms with Crippen LogP contribution in [0.5, 0.6) is 0 Å². The third kappa shape index (κ3) is 7.93. The van der Waals surface area contributed by atoms with Gasteiger partial charge in [-0.2, -0.15) is 11.8 Å². The van der Waals surface area contributed by atoms with Crippen molar-refractivity contribution in [3.63, 3.8) is 0 Å². The number of hydrogen-bond donors (Lipinski definition) is 0. The minimum absolute atomic E-state index is 0.171. The van der Waals surface area contributed by atoms with Crippen LogP contribution in [0.2, 0.25) is 0 Å². The lowest BCUT2D eigenvalue weighted by Crippen LogP contribution is -2.30. The molecular formula is C16H23NO4S. The van der Waals surface area contributed by atoms with Crippen molar-refractivity contribution in [2.24, 2.45) is 0 Å². The van der Waals surface area contributed by atoms with E-state index in [9.17, 15) is 9.59 Å². The van der Waals surface area contributed by atoms with Gasteiger partial charge in [0.2, 0.25) is 0 Å². The number of carbonyl (C=O) groups excluding carboxylic acids is 2. The smallest absolute Gasteiger partial charge is 0.307 e. The van der Waals surface area contributed by atoms with Crippen LogP contribution in [0.1, 0.15) is 25.8 Å². The Labute approximate surface area is 135 Å². The second kappa shape index (κ2) is 10.1. The van der Waals surface area contributed by atoms with Gasteiger partial charge in [0.15, 0.2) is 0 Å². The number of hydrogen-bond acceptors (Lipinski definition) is 5. The van der Waals surface area contributed by atoms with E-state index < -0.39 is 12.1 Å². The van der Waals surface area contributed by atoms with Crippen LogP contribution < -0.4 is 0 Å². The van der Waals surface area contributed by atoms with E-state index in [0.717, 1.165) is 11.3 Å². The highest BCUT2D eigenvalue weighted by molar-refractivity contribution is 7.99. The topological polar surface area (TPSA) is 55.8 Å². The molecule has 22 heavy (non-hydrogen) atoms. The second-order valence-corrected chi connectivity index (χ2v) is 6.82. The predicted octanol–water partition coefficient (Wildman–Crippen LogP) is 3.29. The summed E-state index contributed by atoms with van der Waals surface area (Å²) in [6, 6.07) is 9.59. The SMILES string of the molecule is CC(C)SCCN(C)C(=O)OOC(=O)CCc1ccccc1. The summed E-state index contributed by atoms with van der Waals surface area (Å²) in [5.41, 5.74) is 1.04. The van der Waals surface area contributed by atoms with E-state index in [1.165, 1.54) is 4.90 Å². The van der Waals surface area contributed by atoms with Crippen LogP contribution in [0.25, 0.3) is 0 Å². The maximum Gasteiger partial charge on any atom is 0.452 e. The van der Waals surface area contributed by atoms with Crippen LogP contribution >= 0.6 is 11.8 Å². The fourth-order valence-corrected chi connectivity index (χ4v) is 2.45. The Balaban J connectivity index is 2.18. The molecule has 0 heterocycles. The van der Waals surface area contributed by atoms with Crippen molar-refractivity contribution in [3.8, 4) is 0 Å². The Morgan fingerprint density at radius 3 is 2.50 bits per heavy atom. The average molecular weight is 325 g/mol. The van der Waals surface area contributed by atoms with Crippen molar-refractivity contribution in [1.29, 1.82) is 0 Å². The fraction of sp³-hybridized carbons (Fsp3) is 0.500. The largest absolute Gasteiger partial charge is 0.452 e. The molecule has 0 aromatic heterocycles. The van der Waals surface area contributed by atoms with Crippen LogP contribution in [-0.4, -0.2) is 41.6 Å². The highest BCUT2D eigenvalue weighted by Crippen LogP contribution is 2.09. The minimum atomic E-state index is -0.655. The van der Waals surface area contributed by atoms with Crippen molar-refractivity contribution in [2.45, 2.75) is 31.9 Å². The number of rotatable bonds is 7. The van der Waals surface area contributed by atoms with Crippen molar-refractivity contribution in [3.05, 3.63) is 35.9 Å². The Hall–Kier alpha value is -1.69. The van der Waals surface area contributed by atoms with E-state index in [1.807, 2.05) is 30.3 Å². The van der Waals surface area contributed by atoms with Crippen molar-refractivity contribution in [2.75, 3.05) is 19.3 Å². The molecule has 0 bridgehead atoms. The van der Waals surface area contributed by atoms with Gasteiger partial charge >= 0.3 is 12.1 Å². The molecule has 0 saturated heterocycles. The van der Waals surface area contributed by atoms with Crippen molar-refractivity contribution >= 4 is 23.8 Å². The zero-order valence-electron chi connectivity index (χ0n) is 13.3. The summed E-state index contributed by atoms with van der Waals surface area (Å²) in [7, 11) is 1.61. The summed E-state index contributed by atoms with van der Waals surface area (Å²) in [4.78, 5) is 33.6. The summed E-state index contributed by atoms with van der Waals surface area (Å²) >= 11 is 1.75. The number of benzene rings is 1. The number of amides is 1. The molecule has 5 nitrogen and oxygen atoms in total. The number of carbonyl (C=O) groups is 2. The summed E-state index contributed by atoms with van der Waals surface area (Å²) in [6.45, 7) is 4.73. The van der Waals surface area contributed by atoms with Gasteiger partial charge in [-0.25, -0.2) is 19.4 Å². The van der Waals surface area contributed by atoms with Gasteiger partial charge in [0.1, 0.15) is 0 Å². The first-order valence-corrected chi connectivity index (χ1v) is 8.32. The maximum atomic E-state index is 11.6. The predicted molar refractivity (Wildman–Crippen MR) is 87.6 cm³/mol. The lowest BCUT2D eigenvalue weighted by atomic mass is 10.1. The van der Waals surface area contributed by atoms with E-state index in [-0.39, 0.29) is 6.42 Å². The molecule has 0 aliphatic carbocycles. The zero-order valence-corrected chi connectivity index (χ0v) is 14.1. The third-order valence-electron chi connectivity index (χ3n) is 2.86. The first-order valence-electron chi connectivity index (χ1n) is 7.27. The number of thioether (sulfide) groups is 1. The molecule has 0 radical (unpaired) electrons. The Morgan fingerprint density at radius 1 is 1.18 bits per heavy atom. The van der Waals surface area contributed by atoms with Gasteiger partial charge in [-0.15, -0.1) is 0 Å². The quantitative estimate of drug-likeness (QED) is 0.569. The molecule has 0 saturated carbocycles. The van der Waals surface area contributed by atoms with Crippen LogP contribution in [0.3, 0.4) is 0 Å². The molecule has 1 amide bonds. The normalized spacial score (nSPS) is 10.4. The number of nitrogens with zero attached hydrogens (tertiary/aromatic N) is 1. The molecule has 0 aliphatic heterocycles. The molecule has 1 aromatic carbocycles. The molecule has 0 unspecified atom stereocenters. The van der Waals surface area contributed by atoms with Gasteiger partial charge in [-0.05, 0) is 17.2 Å². The molecule has 0 fully saturated rings. The van der Waals surface area contributed by atoms with Crippen LogP contribution in [0.15, 0.2) is 30.3 Å². The second-order valence-electron chi connectivity index (χ2n) is 5.13. The summed E-state index contributed by atoms with van der Waals surface area (Å²) in [5.74, 6) is 0.257. The Morgan fingerprint density at radius 2 is 1.86 bits per heavy atom. The molecule has 122 valence electrons. The highest BCUT2D eigenvalue weighted by atomic mass is 32.2. The summed E-state index contributed by atoms with van der Waals surface area (Å²) in [5, 5.41) is 0.514. The molecule has 0 aliphatic rings. The minimum Gasteiger partial charge on any atom is -0.307 e. The fourth-order valence-electron chi connectivity index (χ4n) is 1.60. The third-order valence-corrected chi connectivity index (χ3v) is 3.94. The van der Waals surface area contributed by atoms with E-state index in [4.69, 9.17) is 0 Å². The summed E-state index contributed by atoms with van der Waals surface area (Å²) in [6.07, 6.45) is 0.0693. The van der Waals surface area contributed by atoms with Gasteiger partial charge in [0.05, 0.1) is 6.42 Å². The summed E-state index contributed by atoms with van der Waals surface area (Å²) < 4.78 is 0. The first-order chi connectivity index (χ1) is 10.5. The lowest BCUT2D eigenvalue weighted by Gasteiger charge is -2.15. The first kappa shape index (κ1) is 18.4. The molecule has 6 heteroatoms. The van der Waals surface area contributed by atoms with Crippen LogP contribution in [0, 0.1) is 0 Å². The lowest BCUT2D eigenvalue weighted by molar-refractivity contribution is -0.236. The van der Waals surface area contributed by atoms with Crippen molar-refractivity contribution < 1.29 is 19.4 Å². The maximum absolute atomic E-state index is 11.6.